The van der Waals surface area contributed by atoms with Crippen LogP contribution in [0.1, 0.15) is 6.42 Å². The topological polar surface area (TPSA) is 68.8 Å². The number of carbonyl (C=O) groups is 1. The van der Waals surface area contributed by atoms with E-state index in [1.807, 2.05) is 0 Å². The number of ether oxygens (including phenoxy) is 3. The molecule has 11 heteroatoms. The summed E-state index contributed by atoms with van der Waals surface area (Å²) in [4.78, 5) is 12.0. The number of anilines is 1. The quantitative estimate of drug-likeness (QED) is 0.703. The molecule has 0 radical (unpaired) electrons. The van der Waals surface area contributed by atoms with E-state index in [-0.39, 0.29) is 36.3 Å². The molecule has 1 atom stereocenters. The standard InChI is InChI=1S/C14H16F4N2O4.ClH/c15-13(16)23-9-1-2-10(11(6-9)24-14(17)18)20-12(21)5-8-7-22-4-3-19-8;/h1-2,6,8,13-14,19H,3-5,7H2,(H,20,21);1H. The molecule has 142 valence electrons. The van der Waals surface area contributed by atoms with Gasteiger partial charge in [0, 0.05) is 25.1 Å². The molecule has 1 heterocycles. The van der Waals surface area contributed by atoms with Crippen LogP contribution in [0.3, 0.4) is 0 Å². The molecule has 0 saturated carbocycles. The normalized spacial score (nSPS) is 17.1. The molecule has 1 saturated heterocycles. The van der Waals surface area contributed by atoms with Crippen molar-refractivity contribution in [2.45, 2.75) is 25.7 Å². The first-order valence-electron chi connectivity index (χ1n) is 7.08. The molecule has 0 aliphatic carbocycles. The molecule has 1 aromatic rings. The molecule has 25 heavy (non-hydrogen) atoms. The molecule has 1 aromatic carbocycles. The second-order valence-electron chi connectivity index (χ2n) is 4.89. The van der Waals surface area contributed by atoms with Gasteiger partial charge in [0.1, 0.15) is 5.75 Å². The van der Waals surface area contributed by atoms with Crippen molar-refractivity contribution >= 4 is 24.0 Å². The van der Waals surface area contributed by atoms with E-state index in [0.29, 0.717) is 19.8 Å². The largest absolute Gasteiger partial charge is 0.435 e. The number of morpholine rings is 1. The van der Waals surface area contributed by atoms with Crippen LogP contribution in [0.25, 0.3) is 0 Å². The molecular weight excluding hydrogens is 372 g/mol. The summed E-state index contributed by atoms with van der Waals surface area (Å²) in [6.45, 7) is -4.78. The minimum atomic E-state index is -3.18. The van der Waals surface area contributed by atoms with Gasteiger partial charge >= 0.3 is 13.2 Å². The van der Waals surface area contributed by atoms with E-state index in [1.54, 1.807) is 0 Å². The molecule has 1 fully saturated rings. The first kappa shape index (κ1) is 21.3. The summed E-state index contributed by atoms with van der Waals surface area (Å²) in [5.41, 5.74) is -0.0707. The molecule has 0 bridgehead atoms. The van der Waals surface area contributed by atoms with Crippen molar-refractivity contribution in [3.05, 3.63) is 18.2 Å². The molecule has 1 aliphatic heterocycles. The van der Waals surface area contributed by atoms with Crippen molar-refractivity contribution < 1.29 is 36.6 Å². The zero-order chi connectivity index (χ0) is 17.5. The number of benzene rings is 1. The summed E-state index contributed by atoms with van der Waals surface area (Å²) in [5, 5.41) is 5.48. The van der Waals surface area contributed by atoms with Gasteiger partial charge in [0.2, 0.25) is 5.91 Å². The summed E-state index contributed by atoms with van der Waals surface area (Å²) in [6.07, 6.45) is 0.0589. The average molecular weight is 389 g/mol. The lowest BCUT2D eigenvalue weighted by Gasteiger charge is -2.23. The van der Waals surface area contributed by atoms with Gasteiger partial charge in [-0.3, -0.25) is 4.79 Å². The fraction of sp³-hybridized carbons (Fsp3) is 0.500. The maximum Gasteiger partial charge on any atom is 0.387 e. The molecule has 2 N–H and O–H groups in total. The smallest absolute Gasteiger partial charge is 0.387 e. The zero-order valence-corrected chi connectivity index (χ0v) is 13.7. The summed E-state index contributed by atoms with van der Waals surface area (Å²) in [7, 11) is 0. The fourth-order valence-corrected chi connectivity index (χ4v) is 2.15. The van der Waals surface area contributed by atoms with Gasteiger partial charge in [0.25, 0.3) is 0 Å². The van der Waals surface area contributed by atoms with Crippen molar-refractivity contribution in [2.75, 3.05) is 25.1 Å². The van der Waals surface area contributed by atoms with E-state index >= 15 is 0 Å². The number of carbonyl (C=O) groups excluding carboxylic acids is 1. The Hall–Kier alpha value is -1.78. The van der Waals surface area contributed by atoms with Crippen molar-refractivity contribution in [3.8, 4) is 11.5 Å². The lowest BCUT2D eigenvalue weighted by atomic mass is 10.2. The second kappa shape index (κ2) is 10.3. The third kappa shape index (κ3) is 7.32. The lowest BCUT2D eigenvalue weighted by molar-refractivity contribution is -0.117. The Morgan fingerprint density at radius 3 is 2.60 bits per heavy atom. The van der Waals surface area contributed by atoms with E-state index in [2.05, 4.69) is 20.1 Å². The highest BCUT2D eigenvalue weighted by Crippen LogP contribution is 2.31. The fourth-order valence-electron chi connectivity index (χ4n) is 2.15. The van der Waals surface area contributed by atoms with E-state index in [4.69, 9.17) is 4.74 Å². The van der Waals surface area contributed by atoms with Crippen LogP contribution >= 0.6 is 12.4 Å². The molecule has 2 rings (SSSR count). The van der Waals surface area contributed by atoms with Crippen LogP contribution in [0.2, 0.25) is 0 Å². The van der Waals surface area contributed by atoms with Crippen LogP contribution in [-0.2, 0) is 9.53 Å². The van der Waals surface area contributed by atoms with E-state index in [0.717, 1.165) is 18.2 Å². The molecule has 1 aliphatic rings. The summed E-state index contributed by atoms with van der Waals surface area (Å²) in [6, 6.07) is 2.93. The number of hydrogen-bond acceptors (Lipinski definition) is 5. The lowest BCUT2D eigenvalue weighted by Crippen LogP contribution is -2.43. The van der Waals surface area contributed by atoms with Gasteiger partial charge in [0.15, 0.2) is 5.75 Å². The minimum Gasteiger partial charge on any atom is -0.435 e. The van der Waals surface area contributed by atoms with Crippen molar-refractivity contribution in [1.29, 1.82) is 0 Å². The molecule has 1 amide bonds. The van der Waals surface area contributed by atoms with E-state index in [1.165, 1.54) is 0 Å². The third-order valence-electron chi connectivity index (χ3n) is 3.10. The van der Waals surface area contributed by atoms with Gasteiger partial charge in [-0.15, -0.1) is 12.4 Å². The van der Waals surface area contributed by atoms with Crippen LogP contribution in [0, 0.1) is 0 Å². The number of nitrogens with one attached hydrogen (secondary N) is 2. The predicted molar refractivity (Wildman–Crippen MR) is 82.8 cm³/mol. The third-order valence-corrected chi connectivity index (χ3v) is 3.10. The van der Waals surface area contributed by atoms with Crippen LogP contribution in [0.5, 0.6) is 11.5 Å². The Morgan fingerprint density at radius 2 is 2.00 bits per heavy atom. The molecule has 0 spiro atoms. The zero-order valence-electron chi connectivity index (χ0n) is 12.8. The summed E-state index contributed by atoms with van der Waals surface area (Å²) < 4.78 is 62.9. The van der Waals surface area contributed by atoms with Gasteiger partial charge in [-0.05, 0) is 12.1 Å². The Labute approximate surface area is 147 Å². The Kier molecular flexibility index (Phi) is 8.73. The van der Waals surface area contributed by atoms with Crippen LogP contribution in [0.15, 0.2) is 18.2 Å². The summed E-state index contributed by atoms with van der Waals surface area (Å²) in [5.74, 6) is -1.29. The van der Waals surface area contributed by atoms with Gasteiger partial charge in [-0.2, -0.15) is 17.6 Å². The van der Waals surface area contributed by atoms with Crippen molar-refractivity contribution in [1.82, 2.24) is 5.32 Å². The number of rotatable bonds is 7. The van der Waals surface area contributed by atoms with Crippen molar-refractivity contribution in [2.24, 2.45) is 0 Å². The van der Waals surface area contributed by atoms with Crippen LogP contribution in [0.4, 0.5) is 23.2 Å². The van der Waals surface area contributed by atoms with Gasteiger partial charge in [-0.25, -0.2) is 0 Å². The number of alkyl halides is 4. The highest BCUT2D eigenvalue weighted by molar-refractivity contribution is 5.92. The van der Waals surface area contributed by atoms with Gasteiger partial charge < -0.3 is 24.8 Å². The summed E-state index contributed by atoms with van der Waals surface area (Å²) >= 11 is 0. The van der Waals surface area contributed by atoms with E-state index in [9.17, 15) is 22.4 Å². The Balaban J connectivity index is 0.00000312. The van der Waals surface area contributed by atoms with Crippen LogP contribution in [-0.4, -0.2) is 44.9 Å². The highest BCUT2D eigenvalue weighted by atomic mass is 35.5. The van der Waals surface area contributed by atoms with Crippen molar-refractivity contribution in [3.63, 3.8) is 0 Å². The molecule has 0 aromatic heterocycles. The molecule has 6 nitrogen and oxygen atoms in total. The van der Waals surface area contributed by atoms with Crippen LogP contribution < -0.4 is 20.1 Å². The molecular formula is C14H17ClF4N2O4. The predicted octanol–water partition coefficient (Wildman–Crippen LogP) is 2.63. The van der Waals surface area contributed by atoms with Gasteiger partial charge in [0.05, 0.1) is 18.9 Å². The maximum absolute atomic E-state index is 12.5. The number of amides is 1. The maximum atomic E-state index is 12.5. The number of hydrogen-bond donors (Lipinski definition) is 2. The molecule has 1 unspecified atom stereocenters. The second-order valence-corrected chi connectivity index (χ2v) is 4.89. The van der Waals surface area contributed by atoms with Gasteiger partial charge in [-0.1, -0.05) is 0 Å². The first-order valence-corrected chi connectivity index (χ1v) is 7.08. The highest BCUT2D eigenvalue weighted by Gasteiger charge is 2.19. The monoisotopic (exact) mass is 388 g/mol. The Morgan fingerprint density at radius 1 is 1.28 bits per heavy atom. The number of halogens is 5. The minimum absolute atomic E-state index is 0. The SMILES string of the molecule is Cl.O=C(CC1COCCN1)Nc1ccc(OC(F)F)cc1OC(F)F. The Bertz CT molecular complexity index is 560. The first-order chi connectivity index (χ1) is 11.4. The average Bonchev–Trinajstić information content (AvgIpc) is 2.49. The van der Waals surface area contributed by atoms with E-state index < -0.39 is 24.9 Å².